The maximum absolute atomic E-state index is 15.2. The molecule has 0 atom stereocenters. The summed E-state index contributed by atoms with van der Waals surface area (Å²) in [6.07, 6.45) is 0.210. The van der Waals surface area contributed by atoms with Crippen LogP contribution in [0, 0.1) is 5.82 Å². The number of rotatable bonds is 5. The number of primary amides is 1. The third kappa shape index (κ3) is 3.92. The van der Waals surface area contributed by atoms with E-state index in [0.29, 0.717) is 32.5 Å². The molecule has 0 radical (unpaired) electrons. The number of halogens is 2. The fourth-order valence-electron chi connectivity index (χ4n) is 2.46. The Bertz CT molecular complexity index is 964. The molecule has 0 saturated carbocycles. The van der Waals surface area contributed by atoms with Crippen LogP contribution in [0.15, 0.2) is 36.4 Å². The van der Waals surface area contributed by atoms with Crippen LogP contribution in [0.5, 0.6) is 5.75 Å². The molecule has 0 aliphatic carbocycles. The standard InChI is InChI=1S/C17H14ClFN4O2S/c1-25-12-6-5-10(8-13-22-23-17(26-13)21-16(20)24)15(19)14(12)9-3-2-4-11(18)7-9/h2-7H,8H2,1H3,(H3,20,21,23,24). The van der Waals surface area contributed by atoms with Gasteiger partial charge in [0.1, 0.15) is 16.6 Å². The van der Waals surface area contributed by atoms with Crippen molar-refractivity contribution in [3.05, 3.63) is 57.8 Å². The molecule has 1 aromatic heterocycles. The quantitative estimate of drug-likeness (QED) is 0.684. The molecule has 26 heavy (non-hydrogen) atoms. The van der Waals surface area contributed by atoms with Crippen LogP contribution in [0.2, 0.25) is 5.02 Å². The van der Waals surface area contributed by atoms with E-state index >= 15 is 4.39 Å². The maximum atomic E-state index is 15.2. The number of carbonyl (C=O) groups is 1. The summed E-state index contributed by atoms with van der Waals surface area (Å²) in [4.78, 5) is 10.9. The summed E-state index contributed by atoms with van der Waals surface area (Å²) in [6, 6.07) is 9.49. The minimum Gasteiger partial charge on any atom is -0.496 e. The van der Waals surface area contributed by atoms with E-state index in [1.807, 2.05) is 0 Å². The molecule has 2 aromatic carbocycles. The van der Waals surface area contributed by atoms with Crippen molar-refractivity contribution in [3.63, 3.8) is 0 Å². The van der Waals surface area contributed by atoms with Crippen molar-refractivity contribution in [2.75, 3.05) is 12.4 Å². The van der Waals surface area contributed by atoms with Gasteiger partial charge >= 0.3 is 6.03 Å². The Morgan fingerprint density at radius 3 is 2.85 bits per heavy atom. The van der Waals surface area contributed by atoms with Crippen LogP contribution in [0.4, 0.5) is 14.3 Å². The van der Waals surface area contributed by atoms with Crippen molar-refractivity contribution in [2.24, 2.45) is 5.73 Å². The van der Waals surface area contributed by atoms with Crippen molar-refractivity contribution in [3.8, 4) is 16.9 Å². The number of hydrogen-bond donors (Lipinski definition) is 2. The van der Waals surface area contributed by atoms with E-state index < -0.39 is 11.8 Å². The van der Waals surface area contributed by atoms with Gasteiger partial charge in [0.05, 0.1) is 12.7 Å². The van der Waals surface area contributed by atoms with Gasteiger partial charge in [-0.2, -0.15) is 0 Å². The normalized spacial score (nSPS) is 10.6. The van der Waals surface area contributed by atoms with Crippen LogP contribution in [0.25, 0.3) is 11.1 Å². The van der Waals surface area contributed by atoms with Crippen molar-refractivity contribution < 1.29 is 13.9 Å². The number of anilines is 1. The largest absolute Gasteiger partial charge is 0.496 e. The Hall–Kier alpha value is -2.71. The van der Waals surface area contributed by atoms with Gasteiger partial charge in [0.25, 0.3) is 0 Å². The van der Waals surface area contributed by atoms with Crippen molar-refractivity contribution >= 4 is 34.1 Å². The summed E-state index contributed by atoms with van der Waals surface area (Å²) < 4.78 is 20.5. The number of aromatic nitrogens is 2. The van der Waals surface area contributed by atoms with Crippen LogP contribution < -0.4 is 15.8 Å². The maximum Gasteiger partial charge on any atom is 0.318 e. The Labute approximate surface area is 157 Å². The second-order valence-electron chi connectivity index (χ2n) is 5.29. The highest BCUT2D eigenvalue weighted by Gasteiger charge is 2.18. The third-order valence-corrected chi connectivity index (χ3v) is 4.63. The first-order chi connectivity index (χ1) is 12.5. The number of nitrogens with zero attached hydrogens (tertiary/aromatic N) is 2. The smallest absolute Gasteiger partial charge is 0.318 e. The number of urea groups is 1. The number of carbonyl (C=O) groups excluding carboxylic acids is 1. The van der Waals surface area contributed by atoms with E-state index in [1.54, 1.807) is 36.4 Å². The molecular formula is C17H14ClFN4O2S. The molecule has 9 heteroatoms. The SMILES string of the molecule is COc1ccc(Cc2nnc(NC(N)=O)s2)c(F)c1-c1cccc(Cl)c1. The summed E-state index contributed by atoms with van der Waals surface area (Å²) >= 11 is 7.16. The number of hydrogen-bond acceptors (Lipinski definition) is 5. The van der Waals surface area contributed by atoms with Gasteiger partial charge in [-0.15, -0.1) is 10.2 Å². The molecule has 134 valence electrons. The van der Waals surface area contributed by atoms with E-state index in [0.717, 1.165) is 11.3 Å². The molecule has 0 aliphatic rings. The molecule has 1 heterocycles. The van der Waals surface area contributed by atoms with Crippen LogP contribution in [-0.2, 0) is 6.42 Å². The molecule has 0 saturated heterocycles. The molecule has 0 unspecified atom stereocenters. The van der Waals surface area contributed by atoms with Gasteiger partial charge in [0.2, 0.25) is 5.13 Å². The average molecular weight is 393 g/mol. The first-order valence-corrected chi connectivity index (χ1v) is 8.67. The molecule has 0 bridgehead atoms. The summed E-state index contributed by atoms with van der Waals surface area (Å²) in [5.41, 5.74) is 6.40. The minimum atomic E-state index is -0.730. The summed E-state index contributed by atoms with van der Waals surface area (Å²) in [5, 5.41) is 11.4. The fraction of sp³-hybridized carbons (Fsp3) is 0.118. The lowest BCUT2D eigenvalue weighted by atomic mass is 9.99. The zero-order valence-electron chi connectivity index (χ0n) is 13.6. The molecule has 6 nitrogen and oxygen atoms in total. The molecule has 2 amide bonds. The van der Waals surface area contributed by atoms with Crippen LogP contribution in [-0.4, -0.2) is 23.3 Å². The van der Waals surface area contributed by atoms with Gasteiger partial charge in [-0.05, 0) is 29.3 Å². The van der Waals surface area contributed by atoms with Crippen LogP contribution in [0.1, 0.15) is 10.6 Å². The first kappa shape index (κ1) is 18.1. The Morgan fingerprint density at radius 1 is 1.35 bits per heavy atom. The van der Waals surface area contributed by atoms with Gasteiger partial charge < -0.3 is 10.5 Å². The van der Waals surface area contributed by atoms with Crippen LogP contribution >= 0.6 is 22.9 Å². The number of methoxy groups -OCH3 is 1. The van der Waals surface area contributed by atoms with Gasteiger partial charge in [-0.1, -0.05) is 41.1 Å². The van der Waals surface area contributed by atoms with E-state index in [4.69, 9.17) is 22.1 Å². The van der Waals surface area contributed by atoms with Crippen LogP contribution in [0.3, 0.4) is 0 Å². The predicted octanol–water partition coefficient (Wildman–Crippen LogP) is 4.09. The zero-order chi connectivity index (χ0) is 18.7. The average Bonchev–Trinajstić information content (AvgIpc) is 3.02. The highest BCUT2D eigenvalue weighted by atomic mass is 35.5. The third-order valence-electron chi connectivity index (χ3n) is 3.56. The molecule has 3 rings (SSSR count). The highest BCUT2D eigenvalue weighted by Crippen LogP contribution is 2.36. The Balaban J connectivity index is 1.97. The summed E-state index contributed by atoms with van der Waals surface area (Å²) in [6.45, 7) is 0. The number of nitrogens with two attached hydrogens (primary N) is 1. The van der Waals surface area contributed by atoms with Crippen molar-refractivity contribution in [1.29, 1.82) is 0 Å². The first-order valence-electron chi connectivity index (χ1n) is 7.48. The molecular weight excluding hydrogens is 379 g/mol. The second kappa shape index (κ2) is 7.67. The minimum absolute atomic E-state index is 0.210. The number of amides is 2. The number of benzene rings is 2. The molecule has 0 fully saturated rings. The number of ether oxygens (including phenoxy) is 1. The summed E-state index contributed by atoms with van der Waals surface area (Å²) in [5.74, 6) is -0.0203. The van der Waals surface area contributed by atoms with E-state index in [2.05, 4.69) is 15.5 Å². The van der Waals surface area contributed by atoms with Gasteiger partial charge in [-0.25, -0.2) is 9.18 Å². The van der Waals surface area contributed by atoms with Gasteiger partial charge in [0.15, 0.2) is 0 Å². The second-order valence-corrected chi connectivity index (χ2v) is 6.79. The zero-order valence-corrected chi connectivity index (χ0v) is 15.2. The van der Waals surface area contributed by atoms with E-state index in [9.17, 15) is 4.79 Å². The summed E-state index contributed by atoms with van der Waals surface area (Å²) in [7, 11) is 1.48. The lowest BCUT2D eigenvalue weighted by molar-refractivity contribution is 0.259. The lowest BCUT2D eigenvalue weighted by Crippen LogP contribution is -2.18. The highest BCUT2D eigenvalue weighted by molar-refractivity contribution is 7.15. The van der Waals surface area contributed by atoms with Crippen molar-refractivity contribution in [1.82, 2.24) is 10.2 Å². The molecule has 3 aromatic rings. The monoisotopic (exact) mass is 392 g/mol. The molecule has 0 aliphatic heterocycles. The van der Waals surface area contributed by atoms with Gasteiger partial charge in [0, 0.05) is 11.4 Å². The molecule has 3 N–H and O–H groups in total. The fourth-order valence-corrected chi connectivity index (χ4v) is 3.42. The van der Waals surface area contributed by atoms with E-state index in [-0.39, 0.29) is 11.6 Å². The predicted molar refractivity (Wildman–Crippen MR) is 99.3 cm³/mol. The molecule has 0 spiro atoms. The van der Waals surface area contributed by atoms with E-state index in [1.165, 1.54) is 7.11 Å². The Kier molecular flexibility index (Phi) is 5.34. The van der Waals surface area contributed by atoms with Gasteiger partial charge in [-0.3, -0.25) is 5.32 Å². The number of nitrogens with one attached hydrogen (secondary N) is 1. The topological polar surface area (TPSA) is 90.1 Å². The lowest BCUT2D eigenvalue weighted by Gasteiger charge is -2.13. The van der Waals surface area contributed by atoms with Crippen molar-refractivity contribution in [2.45, 2.75) is 6.42 Å². The Morgan fingerprint density at radius 2 is 2.15 bits per heavy atom.